The van der Waals surface area contributed by atoms with Crippen molar-refractivity contribution in [3.63, 3.8) is 0 Å². The molecule has 6 heterocycles. The third kappa shape index (κ3) is 7.64. The number of carbonyl (C=O) groups is 2. The van der Waals surface area contributed by atoms with Crippen LogP contribution in [0.3, 0.4) is 0 Å². The summed E-state index contributed by atoms with van der Waals surface area (Å²) in [6.07, 6.45) is 5.59. The van der Waals surface area contributed by atoms with Gasteiger partial charge in [-0.05, 0) is 69.8 Å². The Labute approximate surface area is 277 Å². The monoisotopic (exact) mass is 657 g/mol. The van der Waals surface area contributed by atoms with Crippen LogP contribution >= 0.6 is 0 Å². The molecule has 8 atom stereocenters. The van der Waals surface area contributed by atoms with Crippen molar-refractivity contribution >= 4 is 12.0 Å². The predicted molar refractivity (Wildman–Crippen MR) is 170 cm³/mol. The third-order valence-electron chi connectivity index (χ3n) is 11.4. The zero-order valence-corrected chi connectivity index (χ0v) is 27.3. The Morgan fingerprint density at radius 1 is 1.00 bits per heavy atom. The summed E-state index contributed by atoms with van der Waals surface area (Å²) in [5.41, 5.74) is 0.497. The number of aliphatic hydroxyl groups is 1. The molecule has 12 nitrogen and oxygen atoms in total. The number of rotatable bonds is 9. The van der Waals surface area contributed by atoms with Crippen molar-refractivity contribution in [2.24, 2.45) is 5.92 Å². The minimum Gasteiger partial charge on any atom is -0.443 e. The van der Waals surface area contributed by atoms with Crippen molar-refractivity contribution in [1.82, 2.24) is 15.5 Å². The summed E-state index contributed by atoms with van der Waals surface area (Å²) in [5.74, 6) is 0.00801. The molecule has 0 bridgehead atoms. The van der Waals surface area contributed by atoms with Crippen LogP contribution in [-0.2, 0) is 39.6 Å². The Bertz CT molecular complexity index is 1200. The van der Waals surface area contributed by atoms with Gasteiger partial charge in [0.25, 0.3) is 0 Å². The van der Waals surface area contributed by atoms with Crippen molar-refractivity contribution in [3.8, 4) is 0 Å². The smallest absolute Gasteiger partial charge is 0.407 e. The standard InChI is InChI=1S/C35H51N3O9/c39-29(27(19-24-5-2-1-3-6-24)36-33(41)47-30-23-45-32-26(30)8-15-44-32)21-38(25-7-10-35(46-22-25)12-17-43-18-13-35)28-20-34(37-31(28)40)9-4-14-42-16-11-34/h1-3,5-6,25-30,32,39H,4,7-23H2,(H,36,41)(H,37,40)/t25?,26-,27?,28?,29+,30-,32+,34-/m0/s1. The summed E-state index contributed by atoms with van der Waals surface area (Å²) in [6.45, 7) is 4.30. The highest BCUT2D eigenvalue weighted by Gasteiger charge is 2.50. The average molecular weight is 658 g/mol. The SMILES string of the molecule is O=C(NC(Cc1ccccc1)[C@H](O)CN(C1CCC2(CCOCC2)OC1)C1C[C@@]2(CCCOCC2)NC1=O)O[C@H]1CO[C@H]2OCC[C@H]21. The van der Waals surface area contributed by atoms with Crippen LogP contribution < -0.4 is 10.6 Å². The molecule has 3 unspecified atom stereocenters. The van der Waals surface area contributed by atoms with Gasteiger partial charge in [-0.15, -0.1) is 0 Å². The van der Waals surface area contributed by atoms with E-state index in [1.54, 1.807) is 0 Å². The molecule has 6 saturated heterocycles. The van der Waals surface area contributed by atoms with E-state index >= 15 is 0 Å². The van der Waals surface area contributed by atoms with Gasteiger partial charge in [0.2, 0.25) is 5.91 Å². The Kier molecular flexibility index (Phi) is 10.3. The van der Waals surface area contributed by atoms with E-state index in [9.17, 15) is 14.7 Å². The number of alkyl carbamates (subject to hydrolysis) is 1. The summed E-state index contributed by atoms with van der Waals surface area (Å²) < 4.78 is 35.1. The van der Waals surface area contributed by atoms with Crippen molar-refractivity contribution in [3.05, 3.63) is 35.9 Å². The molecule has 1 aromatic carbocycles. The van der Waals surface area contributed by atoms with E-state index < -0.39 is 30.4 Å². The van der Waals surface area contributed by atoms with Gasteiger partial charge in [-0.1, -0.05) is 30.3 Å². The number of benzene rings is 1. The van der Waals surface area contributed by atoms with Crippen molar-refractivity contribution < 1.29 is 43.1 Å². The van der Waals surface area contributed by atoms with E-state index in [4.69, 9.17) is 28.4 Å². The minimum atomic E-state index is -0.981. The van der Waals surface area contributed by atoms with Crippen LogP contribution in [-0.4, -0.2) is 123 Å². The zero-order chi connectivity index (χ0) is 32.3. The molecule has 7 rings (SSSR count). The van der Waals surface area contributed by atoms with E-state index in [1.165, 1.54) is 0 Å². The first kappa shape index (κ1) is 33.2. The fourth-order valence-electron chi connectivity index (χ4n) is 8.62. The number of fused-ring (bicyclic) bond motifs is 1. The number of amides is 2. The number of nitrogens with zero attached hydrogens (tertiary/aromatic N) is 1. The summed E-state index contributed by atoms with van der Waals surface area (Å²) in [6, 6.07) is 8.69. The Morgan fingerprint density at radius 2 is 1.81 bits per heavy atom. The second-order valence-electron chi connectivity index (χ2n) is 14.4. The highest BCUT2D eigenvalue weighted by atomic mass is 16.7. The van der Waals surface area contributed by atoms with Crippen LogP contribution in [0.2, 0.25) is 0 Å². The summed E-state index contributed by atoms with van der Waals surface area (Å²) in [4.78, 5) is 29.3. The number of hydrogen-bond donors (Lipinski definition) is 3. The first-order valence-corrected chi connectivity index (χ1v) is 17.7. The molecule has 12 heteroatoms. The molecule has 0 radical (unpaired) electrons. The van der Waals surface area contributed by atoms with Gasteiger partial charge in [-0.2, -0.15) is 0 Å². The molecular weight excluding hydrogens is 606 g/mol. The Hall–Kier alpha value is -2.32. The van der Waals surface area contributed by atoms with Gasteiger partial charge in [0.15, 0.2) is 6.29 Å². The van der Waals surface area contributed by atoms with Gasteiger partial charge in [-0.25, -0.2) is 4.79 Å². The highest BCUT2D eigenvalue weighted by Crippen LogP contribution is 2.39. The van der Waals surface area contributed by atoms with E-state index in [1.807, 2.05) is 30.3 Å². The molecule has 2 spiro atoms. The van der Waals surface area contributed by atoms with Crippen LogP contribution in [0.4, 0.5) is 4.79 Å². The van der Waals surface area contributed by atoms with Crippen LogP contribution in [0.5, 0.6) is 0 Å². The molecule has 3 N–H and O–H groups in total. The maximum atomic E-state index is 13.8. The van der Waals surface area contributed by atoms with Crippen LogP contribution in [0, 0.1) is 5.92 Å². The first-order chi connectivity index (χ1) is 22.9. The lowest BCUT2D eigenvalue weighted by Gasteiger charge is -2.47. The first-order valence-electron chi connectivity index (χ1n) is 17.7. The van der Waals surface area contributed by atoms with Crippen LogP contribution in [0.1, 0.15) is 63.4 Å². The minimum absolute atomic E-state index is 0.00741. The second-order valence-corrected chi connectivity index (χ2v) is 14.4. The lowest BCUT2D eigenvalue weighted by atomic mass is 9.83. The van der Waals surface area contributed by atoms with Gasteiger partial charge in [-0.3, -0.25) is 9.69 Å². The van der Waals surface area contributed by atoms with E-state index in [2.05, 4.69) is 15.5 Å². The van der Waals surface area contributed by atoms with E-state index in [0.717, 1.165) is 56.9 Å². The molecule has 2 amide bonds. The third-order valence-corrected chi connectivity index (χ3v) is 11.4. The van der Waals surface area contributed by atoms with Gasteiger partial charge in [0, 0.05) is 44.6 Å². The Balaban J connectivity index is 1.09. The molecule has 6 aliphatic rings. The van der Waals surface area contributed by atoms with Crippen molar-refractivity contribution in [2.45, 2.75) is 112 Å². The largest absolute Gasteiger partial charge is 0.443 e. The van der Waals surface area contributed by atoms with Crippen LogP contribution in [0.25, 0.3) is 0 Å². The normalized spacial score (nSPS) is 34.9. The summed E-state index contributed by atoms with van der Waals surface area (Å²) >= 11 is 0. The van der Waals surface area contributed by atoms with E-state index in [0.29, 0.717) is 59.1 Å². The Morgan fingerprint density at radius 3 is 2.62 bits per heavy atom. The van der Waals surface area contributed by atoms with Crippen LogP contribution in [0.15, 0.2) is 30.3 Å². The molecule has 260 valence electrons. The molecule has 0 aliphatic carbocycles. The van der Waals surface area contributed by atoms with E-state index in [-0.39, 0.29) is 41.8 Å². The van der Waals surface area contributed by atoms with Crippen molar-refractivity contribution in [2.75, 3.05) is 52.8 Å². The fraction of sp³-hybridized carbons (Fsp3) is 0.771. The number of hydrogen-bond acceptors (Lipinski definition) is 10. The fourth-order valence-corrected chi connectivity index (χ4v) is 8.62. The molecule has 0 aromatic heterocycles. The lowest BCUT2D eigenvalue weighted by molar-refractivity contribution is -0.160. The second kappa shape index (κ2) is 14.7. The lowest BCUT2D eigenvalue weighted by Crippen LogP contribution is -2.58. The molecule has 0 saturated carbocycles. The summed E-state index contributed by atoms with van der Waals surface area (Å²) in [5, 5.41) is 18.4. The van der Waals surface area contributed by atoms with Gasteiger partial charge in [0.1, 0.15) is 6.10 Å². The highest BCUT2D eigenvalue weighted by molar-refractivity contribution is 5.85. The number of ether oxygens (including phenoxy) is 6. The maximum Gasteiger partial charge on any atom is 0.407 e. The maximum absolute atomic E-state index is 13.8. The molecule has 6 aliphatic heterocycles. The predicted octanol–water partition coefficient (Wildman–Crippen LogP) is 2.30. The number of aliphatic hydroxyl groups excluding tert-OH is 1. The quantitative estimate of drug-likeness (QED) is 0.363. The molecule has 47 heavy (non-hydrogen) atoms. The number of carbonyl (C=O) groups excluding carboxylic acids is 2. The summed E-state index contributed by atoms with van der Waals surface area (Å²) in [7, 11) is 0. The molecular formula is C35H51N3O9. The number of nitrogens with one attached hydrogen (secondary N) is 2. The van der Waals surface area contributed by atoms with Crippen molar-refractivity contribution in [1.29, 1.82) is 0 Å². The van der Waals surface area contributed by atoms with Gasteiger partial charge in [0.05, 0.1) is 49.5 Å². The zero-order valence-electron chi connectivity index (χ0n) is 27.3. The van der Waals surface area contributed by atoms with Gasteiger partial charge < -0.3 is 44.2 Å². The van der Waals surface area contributed by atoms with Gasteiger partial charge >= 0.3 is 6.09 Å². The topological polar surface area (TPSA) is 137 Å². The molecule has 6 fully saturated rings. The average Bonchev–Trinajstić information content (AvgIpc) is 3.73. The molecule has 1 aromatic rings.